The van der Waals surface area contributed by atoms with Crippen LogP contribution in [0, 0.1) is 11.7 Å². The molecule has 2 heterocycles. The standard InChI is InChI=1S/C13H13N3O2S/c1-7-3-4-8-9(5-7)16(13(19)14-8)10-6-11(17)15(2)12(10)18/h3-5,10H,6H2,1-2H3,(H,14,19). The number of likely N-dealkylation sites (N-methyl/N-ethyl adjacent to an activating group) is 1. The molecule has 1 aromatic carbocycles. The van der Waals surface area contributed by atoms with E-state index < -0.39 is 6.04 Å². The number of benzene rings is 1. The number of hydrogen-bond donors (Lipinski definition) is 1. The summed E-state index contributed by atoms with van der Waals surface area (Å²) in [7, 11) is 1.51. The van der Waals surface area contributed by atoms with Crippen molar-refractivity contribution < 1.29 is 9.59 Å². The monoisotopic (exact) mass is 275 g/mol. The Morgan fingerprint density at radius 2 is 2.11 bits per heavy atom. The van der Waals surface area contributed by atoms with Gasteiger partial charge in [-0.1, -0.05) is 6.07 Å². The van der Waals surface area contributed by atoms with E-state index in [1.165, 1.54) is 11.9 Å². The molecule has 0 saturated carbocycles. The van der Waals surface area contributed by atoms with Crippen molar-refractivity contribution in [3.63, 3.8) is 0 Å². The molecule has 1 saturated heterocycles. The molecule has 1 aromatic heterocycles. The van der Waals surface area contributed by atoms with Crippen LogP contribution in [-0.4, -0.2) is 33.3 Å². The Morgan fingerprint density at radius 3 is 2.74 bits per heavy atom. The largest absolute Gasteiger partial charge is 0.331 e. The van der Waals surface area contributed by atoms with E-state index in [4.69, 9.17) is 12.2 Å². The highest BCUT2D eigenvalue weighted by Gasteiger charge is 2.38. The molecule has 19 heavy (non-hydrogen) atoms. The van der Waals surface area contributed by atoms with Crippen LogP contribution in [0.3, 0.4) is 0 Å². The van der Waals surface area contributed by atoms with E-state index in [-0.39, 0.29) is 18.2 Å². The number of aromatic nitrogens is 2. The number of imide groups is 1. The number of nitrogens with zero attached hydrogens (tertiary/aromatic N) is 2. The number of aromatic amines is 1. The Labute approximate surface area is 114 Å². The molecular weight excluding hydrogens is 262 g/mol. The molecule has 2 aromatic rings. The third-order valence-corrected chi connectivity index (χ3v) is 3.84. The van der Waals surface area contributed by atoms with Crippen LogP contribution in [0.15, 0.2) is 18.2 Å². The number of amides is 2. The zero-order valence-electron chi connectivity index (χ0n) is 10.6. The minimum absolute atomic E-state index is 0.168. The number of likely N-dealkylation sites (tertiary alicyclic amines) is 1. The topological polar surface area (TPSA) is 58.1 Å². The number of carbonyl (C=O) groups is 2. The number of aryl methyl sites for hydroxylation is 1. The summed E-state index contributed by atoms with van der Waals surface area (Å²) in [5.41, 5.74) is 2.83. The molecule has 3 rings (SSSR count). The van der Waals surface area contributed by atoms with Crippen molar-refractivity contribution in [2.45, 2.75) is 19.4 Å². The minimum atomic E-state index is -0.527. The average molecular weight is 275 g/mol. The highest BCUT2D eigenvalue weighted by Crippen LogP contribution is 2.28. The molecule has 1 aliphatic rings. The molecule has 98 valence electrons. The summed E-state index contributed by atoms with van der Waals surface area (Å²) in [6, 6.07) is 5.35. The lowest BCUT2D eigenvalue weighted by Gasteiger charge is -2.11. The van der Waals surface area contributed by atoms with Crippen molar-refractivity contribution in [3.05, 3.63) is 28.5 Å². The Bertz CT molecular complexity index is 759. The van der Waals surface area contributed by atoms with Crippen LogP contribution >= 0.6 is 12.2 Å². The Morgan fingerprint density at radius 1 is 1.37 bits per heavy atom. The van der Waals surface area contributed by atoms with Gasteiger partial charge in [-0.15, -0.1) is 0 Å². The van der Waals surface area contributed by atoms with Gasteiger partial charge in [0.15, 0.2) is 4.77 Å². The zero-order valence-corrected chi connectivity index (χ0v) is 11.5. The molecule has 5 nitrogen and oxygen atoms in total. The summed E-state index contributed by atoms with van der Waals surface area (Å²) in [4.78, 5) is 28.0. The van der Waals surface area contributed by atoms with Crippen LogP contribution in [0.25, 0.3) is 11.0 Å². The summed E-state index contributed by atoms with van der Waals surface area (Å²) in [5.74, 6) is -0.373. The van der Waals surface area contributed by atoms with E-state index in [1.807, 2.05) is 25.1 Å². The average Bonchev–Trinajstić information content (AvgIpc) is 2.80. The first-order chi connectivity index (χ1) is 8.99. The molecule has 6 heteroatoms. The Balaban J connectivity index is 2.23. The summed E-state index contributed by atoms with van der Waals surface area (Å²) >= 11 is 5.29. The predicted octanol–water partition coefficient (Wildman–Crippen LogP) is 1.94. The fraction of sp³-hybridized carbons (Fsp3) is 0.308. The number of nitrogens with one attached hydrogen (secondary N) is 1. The molecule has 1 fully saturated rings. The summed E-state index contributed by atoms with van der Waals surface area (Å²) < 4.78 is 2.23. The summed E-state index contributed by atoms with van der Waals surface area (Å²) in [6.07, 6.45) is 0.171. The third-order valence-electron chi connectivity index (χ3n) is 3.54. The number of hydrogen-bond acceptors (Lipinski definition) is 3. The minimum Gasteiger partial charge on any atom is -0.331 e. The number of fused-ring (bicyclic) bond motifs is 1. The molecule has 1 aliphatic heterocycles. The summed E-state index contributed by atoms with van der Waals surface area (Å²) in [5, 5.41) is 0. The second kappa shape index (κ2) is 4.03. The highest BCUT2D eigenvalue weighted by molar-refractivity contribution is 7.71. The van der Waals surface area contributed by atoms with Crippen molar-refractivity contribution in [1.82, 2.24) is 14.5 Å². The van der Waals surface area contributed by atoms with Crippen molar-refractivity contribution >= 4 is 35.1 Å². The van der Waals surface area contributed by atoms with Gasteiger partial charge >= 0.3 is 0 Å². The van der Waals surface area contributed by atoms with Crippen molar-refractivity contribution in [2.24, 2.45) is 0 Å². The van der Waals surface area contributed by atoms with Crippen LogP contribution in [0.1, 0.15) is 18.0 Å². The van der Waals surface area contributed by atoms with Gasteiger partial charge in [-0.05, 0) is 36.8 Å². The fourth-order valence-electron chi connectivity index (χ4n) is 2.48. The van der Waals surface area contributed by atoms with Crippen LogP contribution in [-0.2, 0) is 9.59 Å². The van der Waals surface area contributed by atoms with Gasteiger partial charge in [-0.25, -0.2) is 0 Å². The van der Waals surface area contributed by atoms with E-state index in [0.29, 0.717) is 4.77 Å². The molecule has 0 bridgehead atoms. The zero-order chi connectivity index (χ0) is 13.7. The quantitative estimate of drug-likeness (QED) is 0.639. The SMILES string of the molecule is Cc1ccc2[nH]c(=S)n(C3CC(=O)N(C)C3=O)c2c1. The maximum Gasteiger partial charge on any atom is 0.252 e. The van der Waals surface area contributed by atoms with Crippen LogP contribution in [0.2, 0.25) is 0 Å². The van der Waals surface area contributed by atoms with Gasteiger partial charge < -0.3 is 9.55 Å². The second-order valence-electron chi connectivity index (χ2n) is 4.83. The van der Waals surface area contributed by atoms with Gasteiger partial charge in [-0.3, -0.25) is 14.5 Å². The number of H-pyrrole nitrogens is 1. The number of carbonyl (C=O) groups excluding carboxylic acids is 2. The maximum atomic E-state index is 12.1. The second-order valence-corrected chi connectivity index (χ2v) is 5.22. The third kappa shape index (κ3) is 1.71. The summed E-state index contributed by atoms with van der Waals surface area (Å²) in [6.45, 7) is 1.98. The lowest BCUT2D eigenvalue weighted by atomic mass is 10.2. The van der Waals surface area contributed by atoms with Crippen molar-refractivity contribution in [3.8, 4) is 0 Å². The maximum absolute atomic E-state index is 12.1. The molecule has 1 atom stereocenters. The van der Waals surface area contributed by atoms with Gasteiger partial charge in [0.2, 0.25) is 5.91 Å². The molecular formula is C13H13N3O2S. The van der Waals surface area contributed by atoms with Crippen LogP contribution in [0.4, 0.5) is 0 Å². The first kappa shape index (κ1) is 12.1. The van der Waals surface area contributed by atoms with E-state index in [0.717, 1.165) is 16.6 Å². The van der Waals surface area contributed by atoms with Gasteiger partial charge in [0.1, 0.15) is 6.04 Å². The lowest BCUT2D eigenvalue weighted by molar-refractivity contribution is -0.137. The van der Waals surface area contributed by atoms with Gasteiger partial charge in [-0.2, -0.15) is 0 Å². The van der Waals surface area contributed by atoms with E-state index >= 15 is 0 Å². The number of imidazole rings is 1. The first-order valence-corrected chi connectivity index (χ1v) is 6.41. The van der Waals surface area contributed by atoms with Crippen molar-refractivity contribution in [1.29, 1.82) is 0 Å². The van der Waals surface area contributed by atoms with Crippen molar-refractivity contribution in [2.75, 3.05) is 7.05 Å². The molecule has 2 amide bonds. The van der Waals surface area contributed by atoms with Gasteiger partial charge in [0, 0.05) is 7.05 Å². The van der Waals surface area contributed by atoms with Crippen LogP contribution in [0.5, 0.6) is 0 Å². The number of rotatable bonds is 1. The Hall–Kier alpha value is -1.95. The molecule has 1 N–H and O–H groups in total. The molecule has 0 aliphatic carbocycles. The van der Waals surface area contributed by atoms with Gasteiger partial charge in [0.05, 0.1) is 17.5 Å². The normalized spacial score (nSPS) is 19.7. The van der Waals surface area contributed by atoms with E-state index in [1.54, 1.807) is 4.57 Å². The van der Waals surface area contributed by atoms with E-state index in [9.17, 15) is 9.59 Å². The fourth-order valence-corrected chi connectivity index (χ4v) is 2.81. The molecule has 0 spiro atoms. The smallest absolute Gasteiger partial charge is 0.252 e. The van der Waals surface area contributed by atoms with E-state index in [2.05, 4.69) is 4.98 Å². The lowest BCUT2D eigenvalue weighted by Crippen LogP contribution is -2.26. The molecule has 0 radical (unpaired) electrons. The predicted molar refractivity (Wildman–Crippen MR) is 73.3 cm³/mol. The first-order valence-electron chi connectivity index (χ1n) is 6.00. The highest BCUT2D eigenvalue weighted by atomic mass is 32.1. The van der Waals surface area contributed by atoms with Gasteiger partial charge in [0.25, 0.3) is 5.91 Å². The Kier molecular flexibility index (Phi) is 2.56. The van der Waals surface area contributed by atoms with Crippen LogP contribution < -0.4 is 0 Å². The molecule has 1 unspecified atom stereocenters.